The first kappa shape index (κ1) is 22.3. The van der Waals surface area contributed by atoms with E-state index in [0.29, 0.717) is 28.5 Å². The van der Waals surface area contributed by atoms with E-state index in [4.69, 9.17) is 9.47 Å². The molecule has 2 atom stereocenters. The van der Waals surface area contributed by atoms with E-state index in [2.05, 4.69) is 0 Å². The number of hydrogen-bond donors (Lipinski definition) is 0. The number of carbonyl (C=O) groups excluding carboxylic acids is 4. The molecule has 2 aliphatic heterocycles. The molecule has 1 saturated heterocycles. The van der Waals surface area contributed by atoms with Gasteiger partial charge in [0.15, 0.2) is 17.6 Å². The Kier molecular flexibility index (Phi) is 6.30. The van der Waals surface area contributed by atoms with Crippen LogP contribution in [0, 0.1) is 0 Å². The minimum Gasteiger partial charge on any atom is -0.486 e. The maximum absolute atomic E-state index is 12.9. The van der Waals surface area contributed by atoms with Gasteiger partial charge in [0, 0.05) is 6.54 Å². The van der Waals surface area contributed by atoms with Gasteiger partial charge < -0.3 is 14.4 Å². The highest BCUT2D eigenvalue weighted by molar-refractivity contribution is 6.45. The molecule has 2 aromatic carbocycles. The summed E-state index contributed by atoms with van der Waals surface area (Å²) in [5.74, 6) is -1.16. The van der Waals surface area contributed by atoms with Crippen molar-refractivity contribution in [2.75, 3.05) is 26.2 Å². The highest BCUT2D eigenvalue weighted by Crippen LogP contribution is 2.31. The van der Waals surface area contributed by atoms with Crippen molar-refractivity contribution in [3.63, 3.8) is 0 Å². The zero-order valence-electron chi connectivity index (χ0n) is 18.5. The largest absolute Gasteiger partial charge is 0.486 e. The maximum Gasteiger partial charge on any atom is 0.335 e. The number of likely N-dealkylation sites (N-methyl/N-ethyl adjacent to an activating group) is 1. The summed E-state index contributed by atoms with van der Waals surface area (Å²) >= 11 is 0. The topological polar surface area (TPSA) is 96.5 Å². The molecule has 9 heteroatoms. The van der Waals surface area contributed by atoms with Crippen LogP contribution in [-0.2, 0) is 14.4 Å². The molecule has 4 rings (SSSR count). The van der Waals surface area contributed by atoms with Crippen molar-refractivity contribution < 1.29 is 28.7 Å². The monoisotopic (exact) mass is 451 g/mol. The Morgan fingerprint density at radius 3 is 2.39 bits per heavy atom. The van der Waals surface area contributed by atoms with Crippen molar-refractivity contribution in [1.82, 2.24) is 14.7 Å². The van der Waals surface area contributed by atoms with E-state index in [1.54, 1.807) is 50.2 Å². The molecule has 0 saturated carbocycles. The van der Waals surface area contributed by atoms with Gasteiger partial charge in [-0.1, -0.05) is 42.5 Å². The molecule has 0 radical (unpaired) electrons. The van der Waals surface area contributed by atoms with Crippen LogP contribution in [0.4, 0.5) is 4.79 Å². The lowest BCUT2D eigenvalue weighted by Crippen LogP contribution is -2.48. The number of amides is 5. The maximum atomic E-state index is 12.9. The Labute approximate surface area is 191 Å². The Balaban J connectivity index is 1.42. The average molecular weight is 451 g/mol. The fourth-order valence-corrected chi connectivity index (χ4v) is 3.93. The third-order valence-electron chi connectivity index (χ3n) is 5.77. The van der Waals surface area contributed by atoms with E-state index in [-0.39, 0.29) is 13.2 Å². The van der Waals surface area contributed by atoms with Crippen molar-refractivity contribution in [1.29, 1.82) is 0 Å². The summed E-state index contributed by atoms with van der Waals surface area (Å²) in [4.78, 5) is 54.0. The van der Waals surface area contributed by atoms with Gasteiger partial charge in [0.2, 0.25) is 5.91 Å². The molecule has 172 valence electrons. The second kappa shape index (κ2) is 9.32. The summed E-state index contributed by atoms with van der Waals surface area (Å²) in [7, 11) is 0. The number of nitrogens with zero attached hydrogens (tertiary/aromatic N) is 3. The molecular weight excluding hydrogens is 426 g/mol. The lowest BCUT2D eigenvalue weighted by Gasteiger charge is -2.31. The SMILES string of the molecule is CCN(CC1COc2ccccc2O1)C(=O)CN1C(=O)C(=O)N(C(C)c2ccccc2)C1=O. The number of urea groups is 1. The number of para-hydroxylation sites is 2. The smallest absolute Gasteiger partial charge is 0.335 e. The third-order valence-corrected chi connectivity index (χ3v) is 5.77. The zero-order chi connectivity index (χ0) is 23.5. The van der Waals surface area contributed by atoms with Crippen LogP contribution in [0.2, 0.25) is 0 Å². The van der Waals surface area contributed by atoms with Crippen molar-refractivity contribution in [3.05, 3.63) is 60.2 Å². The second-order valence-electron chi connectivity index (χ2n) is 7.87. The van der Waals surface area contributed by atoms with Gasteiger partial charge in [-0.05, 0) is 31.5 Å². The van der Waals surface area contributed by atoms with Gasteiger partial charge in [0.05, 0.1) is 12.6 Å². The Hall–Kier alpha value is -3.88. The molecule has 0 aliphatic carbocycles. The van der Waals surface area contributed by atoms with Crippen LogP contribution < -0.4 is 9.47 Å². The van der Waals surface area contributed by atoms with Gasteiger partial charge in [-0.15, -0.1) is 0 Å². The highest BCUT2D eigenvalue weighted by atomic mass is 16.6. The summed E-state index contributed by atoms with van der Waals surface area (Å²) in [6.07, 6.45) is -0.398. The minimum absolute atomic E-state index is 0.220. The molecule has 2 heterocycles. The normalized spacial score (nSPS) is 18.5. The average Bonchev–Trinajstić information content (AvgIpc) is 3.05. The van der Waals surface area contributed by atoms with Crippen LogP contribution in [0.5, 0.6) is 11.5 Å². The van der Waals surface area contributed by atoms with Gasteiger partial charge in [-0.25, -0.2) is 14.6 Å². The van der Waals surface area contributed by atoms with E-state index >= 15 is 0 Å². The van der Waals surface area contributed by atoms with E-state index in [1.807, 2.05) is 18.2 Å². The lowest BCUT2D eigenvalue weighted by molar-refractivity contribution is -0.145. The van der Waals surface area contributed by atoms with Gasteiger partial charge in [0.25, 0.3) is 0 Å². The predicted molar refractivity (Wildman–Crippen MR) is 117 cm³/mol. The zero-order valence-corrected chi connectivity index (χ0v) is 18.5. The first-order valence-electron chi connectivity index (χ1n) is 10.8. The number of carbonyl (C=O) groups is 4. The molecule has 2 aromatic rings. The summed E-state index contributed by atoms with van der Waals surface area (Å²) < 4.78 is 11.6. The van der Waals surface area contributed by atoms with Crippen LogP contribution in [0.25, 0.3) is 0 Å². The van der Waals surface area contributed by atoms with Crippen LogP contribution in [-0.4, -0.2) is 70.8 Å². The molecule has 9 nitrogen and oxygen atoms in total. The Bertz CT molecular complexity index is 1070. The molecule has 2 unspecified atom stereocenters. The summed E-state index contributed by atoms with van der Waals surface area (Å²) in [6.45, 7) is 3.77. The van der Waals surface area contributed by atoms with Crippen molar-refractivity contribution >= 4 is 23.8 Å². The van der Waals surface area contributed by atoms with Gasteiger partial charge in [0.1, 0.15) is 13.2 Å². The molecule has 0 spiro atoms. The van der Waals surface area contributed by atoms with Gasteiger partial charge in [-0.3, -0.25) is 14.4 Å². The molecule has 33 heavy (non-hydrogen) atoms. The summed E-state index contributed by atoms with van der Waals surface area (Å²) in [6, 6.07) is 14.8. The van der Waals surface area contributed by atoms with E-state index in [9.17, 15) is 19.2 Å². The number of ether oxygens (including phenoxy) is 2. The van der Waals surface area contributed by atoms with Crippen LogP contribution in [0.1, 0.15) is 25.5 Å². The minimum atomic E-state index is -1.00. The van der Waals surface area contributed by atoms with Crippen LogP contribution in [0.15, 0.2) is 54.6 Å². The number of rotatable bonds is 7. The summed E-state index contributed by atoms with van der Waals surface area (Å²) in [5, 5.41) is 0. The predicted octanol–water partition coefficient (Wildman–Crippen LogP) is 2.23. The van der Waals surface area contributed by atoms with Gasteiger partial charge >= 0.3 is 17.8 Å². The standard InChI is InChI=1S/C24H25N3O6/c1-3-25(13-18-15-32-19-11-7-8-12-20(19)33-18)21(28)14-26-22(29)23(30)27(24(26)31)16(2)17-9-5-4-6-10-17/h4-12,16,18H,3,13-15H2,1-2H3. The number of fused-ring (bicyclic) bond motifs is 1. The second-order valence-corrected chi connectivity index (χ2v) is 7.87. The quantitative estimate of drug-likeness (QED) is 0.473. The van der Waals surface area contributed by atoms with Crippen LogP contribution in [0.3, 0.4) is 0 Å². The van der Waals surface area contributed by atoms with E-state index < -0.39 is 42.4 Å². The fraction of sp³-hybridized carbons (Fsp3) is 0.333. The fourth-order valence-electron chi connectivity index (χ4n) is 3.93. The lowest BCUT2D eigenvalue weighted by atomic mass is 10.1. The third kappa shape index (κ3) is 4.39. The van der Waals surface area contributed by atoms with Crippen molar-refractivity contribution in [3.8, 4) is 11.5 Å². The number of imide groups is 2. The van der Waals surface area contributed by atoms with Crippen molar-refractivity contribution in [2.24, 2.45) is 0 Å². The molecule has 1 fully saturated rings. The van der Waals surface area contributed by atoms with Crippen LogP contribution >= 0.6 is 0 Å². The Morgan fingerprint density at radius 1 is 1.03 bits per heavy atom. The Morgan fingerprint density at radius 2 is 1.70 bits per heavy atom. The number of hydrogen-bond acceptors (Lipinski definition) is 6. The first-order chi connectivity index (χ1) is 15.9. The van der Waals surface area contributed by atoms with Crippen molar-refractivity contribution in [2.45, 2.75) is 26.0 Å². The first-order valence-corrected chi connectivity index (χ1v) is 10.8. The molecule has 0 aromatic heterocycles. The molecule has 5 amide bonds. The van der Waals surface area contributed by atoms with E-state index in [0.717, 1.165) is 4.90 Å². The molecule has 0 N–H and O–H groups in total. The highest BCUT2D eigenvalue weighted by Gasteiger charge is 2.48. The number of benzene rings is 2. The molecule has 0 bridgehead atoms. The molecular formula is C24H25N3O6. The van der Waals surface area contributed by atoms with E-state index in [1.165, 1.54) is 4.90 Å². The van der Waals surface area contributed by atoms with Gasteiger partial charge in [-0.2, -0.15) is 0 Å². The summed E-state index contributed by atoms with van der Waals surface area (Å²) in [5.41, 5.74) is 0.713. The molecule has 2 aliphatic rings.